The van der Waals surface area contributed by atoms with E-state index in [-0.39, 0.29) is 0 Å². The van der Waals surface area contributed by atoms with Gasteiger partial charge in [0.25, 0.3) is 0 Å². The average molecular weight is 202 g/mol. The fraction of sp³-hybridized carbons (Fsp3) is 0. The van der Waals surface area contributed by atoms with Gasteiger partial charge in [-0.05, 0) is 0 Å². The normalized spacial score (nSPS) is 8.67. The molecule has 0 N–H and O–H groups in total. The monoisotopic (exact) mass is 203 g/mol. The van der Waals surface area contributed by atoms with Crippen LogP contribution in [0.25, 0.3) is 0 Å². The summed E-state index contributed by atoms with van der Waals surface area (Å²) in [5.41, 5.74) is 0. The predicted molar refractivity (Wildman–Crippen MR) is 29.7 cm³/mol. The van der Waals surface area contributed by atoms with Crippen molar-refractivity contribution in [2.45, 2.75) is 0 Å². The van der Waals surface area contributed by atoms with Crippen LogP contribution in [0.4, 0.5) is 0 Å². The Hall–Kier alpha value is 0.499. The van der Waals surface area contributed by atoms with Crippen LogP contribution in [0.2, 0.25) is 0 Å². The molecule has 0 amide bonds. The molecule has 0 aliphatic carbocycles. The number of hydrogen-bond acceptors (Lipinski definition) is 1. The molecular weight excluding hydrogens is 199 g/mol. The molecule has 0 bridgehead atoms. The molecule has 0 fully saturated rings. The van der Waals surface area contributed by atoms with E-state index >= 15 is 0 Å². The maximum atomic E-state index is 2.14. The van der Waals surface area contributed by atoms with Crippen LogP contribution in [0, 0.1) is 0 Å². The Bertz CT molecular complexity index is 111. The zero-order valence-corrected chi connectivity index (χ0v) is 6.81. The van der Waals surface area contributed by atoms with Crippen molar-refractivity contribution >= 4 is 36.8 Å². The Morgan fingerprint density at radius 2 is 2.50 bits per heavy atom. The van der Waals surface area contributed by atoms with Crippen molar-refractivity contribution in [3.63, 3.8) is 0 Å². The average Bonchev–Trinajstić information content (AvgIpc) is 1.86. The minimum atomic E-state index is 1.47. The Morgan fingerprint density at radius 1 is 1.67 bits per heavy atom. The van der Waals surface area contributed by atoms with Gasteiger partial charge in [-0.1, -0.05) is 0 Å². The molecule has 0 aliphatic heterocycles. The van der Waals surface area contributed by atoms with Crippen LogP contribution in [0.15, 0.2) is 17.5 Å². The molecule has 28 valence electrons. The van der Waals surface area contributed by atoms with Crippen LogP contribution < -0.4 is 2.89 Å². The van der Waals surface area contributed by atoms with E-state index in [0.717, 1.165) is 0 Å². The van der Waals surface area contributed by atoms with Gasteiger partial charge in [-0.15, -0.1) is 0 Å². The van der Waals surface area contributed by atoms with Crippen molar-refractivity contribution < 1.29 is 0 Å². The van der Waals surface area contributed by atoms with Gasteiger partial charge < -0.3 is 0 Å². The van der Waals surface area contributed by atoms with E-state index in [2.05, 4.69) is 17.5 Å². The molecule has 1 rings (SSSR count). The van der Waals surface area contributed by atoms with Gasteiger partial charge in [-0.25, -0.2) is 0 Å². The first kappa shape index (κ1) is 4.65. The predicted octanol–water partition coefficient (Wildman–Crippen LogP) is 0.542. The van der Waals surface area contributed by atoms with Crippen molar-refractivity contribution in [1.29, 1.82) is 0 Å². The van der Waals surface area contributed by atoms with Crippen molar-refractivity contribution in [2.75, 3.05) is 0 Å². The zero-order chi connectivity index (χ0) is 4.41. The second kappa shape index (κ2) is 1.98. The van der Waals surface area contributed by atoms with Crippen molar-refractivity contribution in [1.82, 2.24) is 0 Å². The Kier molecular flexibility index (Phi) is 1.53. The van der Waals surface area contributed by atoms with Crippen molar-refractivity contribution in [3.8, 4) is 0 Å². The first-order valence-electron chi connectivity index (χ1n) is 1.65. The molecule has 6 heavy (non-hydrogen) atoms. The molecule has 0 saturated carbocycles. The van der Waals surface area contributed by atoms with Crippen LogP contribution in [0.3, 0.4) is 0 Å². The third-order valence-electron chi connectivity index (χ3n) is 0.521. The summed E-state index contributed by atoms with van der Waals surface area (Å²) in [4.78, 5) is 0. The number of thiophene rings is 1. The summed E-state index contributed by atoms with van der Waals surface area (Å²) in [7, 11) is 0. The summed E-state index contributed by atoms with van der Waals surface area (Å²) < 4.78 is 1.47. The summed E-state index contributed by atoms with van der Waals surface area (Å²) >= 11 is 3.34. The standard InChI is InChI=1S/C4H3S.Sn/c1-2-4-5-3-1;/h1-3H;/q;+1. The van der Waals surface area contributed by atoms with Gasteiger partial charge in [0.05, 0.1) is 0 Å². The third kappa shape index (κ3) is 0.979. The van der Waals surface area contributed by atoms with E-state index in [1.165, 1.54) is 25.4 Å². The topological polar surface area (TPSA) is 0 Å². The Balaban J connectivity index is 3.05. The molecule has 0 spiro atoms. The molecule has 0 aromatic carbocycles. The van der Waals surface area contributed by atoms with E-state index in [9.17, 15) is 0 Å². The second-order valence-corrected chi connectivity index (χ2v) is 4.50. The van der Waals surface area contributed by atoms with Gasteiger partial charge in [0.15, 0.2) is 0 Å². The van der Waals surface area contributed by atoms with Crippen LogP contribution in [0.5, 0.6) is 0 Å². The number of hydrogen-bond donors (Lipinski definition) is 0. The van der Waals surface area contributed by atoms with E-state index < -0.39 is 0 Å². The second-order valence-electron chi connectivity index (χ2n) is 0.977. The van der Waals surface area contributed by atoms with Crippen molar-refractivity contribution in [3.05, 3.63) is 17.5 Å². The fourth-order valence-electron chi connectivity index (χ4n) is 0.279. The van der Waals surface area contributed by atoms with Gasteiger partial charge >= 0.3 is 54.3 Å². The first-order chi connectivity index (χ1) is 2.89. The summed E-state index contributed by atoms with van der Waals surface area (Å²) in [6.07, 6.45) is 0. The molecule has 1 aromatic heterocycles. The Morgan fingerprint density at radius 3 is 2.67 bits per heavy atom. The van der Waals surface area contributed by atoms with Gasteiger partial charge in [-0.2, -0.15) is 0 Å². The SMILES string of the molecule is [Sn+][c]1cccs1. The van der Waals surface area contributed by atoms with Gasteiger partial charge in [0, 0.05) is 0 Å². The van der Waals surface area contributed by atoms with Crippen LogP contribution in [-0.4, -0.2) is 22.5 Å². The van der Waals surface area contributed by atoms with Crippen LogP contribution in [-0.2, 0) is 0 Å². The molecule has 1 heterocycles. The molecule has 0 aliphatic rings. The third-order valence-corrected chi connectivity index (χ3v) is 2.69. The summed E-state index contributed by atoms with van der Waals surface area (Å²) in [5.74, 6) is 0. The molecular formula is C4H3SSn+. The maximum absolute atomic E-state index is 2.14. The molecule has 0 atom stereocenters. The summed E-state index contributed by atoms with van der Waals surface area (Å²) in [5, 5.41) is 2.10. The van der Waals surface area contributed by atoms with E-state index in [0.29, 0.717) is 0 Å². The first-order valence-corrected chi connectivity index (χ1v) is 3.95. The van der Waals surface area contributed by atoms with E-state index in [1.807, 2.05) is 11.3 Å². The molecule has 2 radical (unpaired) electrons. The fourth-order valence-corrected chi connectivity index (χ4v) is 1.60. The Labute approximate surface area is 54.3 Å². The summed E-state index contributed by atoms with van der Waals surface area (Å²) in [6, 6.07) is 4.22. The van der Waals surface area contributed by atoms with Gasteiger partial charge in [0.1, 0.15) is 0 Å². The van der Waals surface area contributed by atoms with E-state index in [4.69, 9.17) is 0 Å². The molecule has 1 aromatic rings. The minimum absolute atomic E-state index is 1.47. The quantitative estimate of drug-likeness (QED) is 0.538. The van der Waals surface area contributed by atoms with Crippen LogP contribution >= 0.6 is 11.3 Å². The number of rotatable bonds is 0. The molecule has 0 unspecified atom stereocenters. The molecule has 0 nitrogen and oxygen atoms in total. The van der Waals surface area contributed by atoms with Crippen LogP contribution in [0.1, 0.15) is 0 Å². The van der Waals surface area contributed by atoms with Crippen molar-refractivity contribution in [2.24, 2.45) is 0 Å². The van der Waals surface area contributed by atoms with Gasteiger partial charge in [0.2, 0.25) is 0 Å². The molecule has 2 heteroatoms. The zero-order valence-electron chi connectivity index (χ0n) is 3.14. The van der Waals surface area contributed by atoms with E-state index in [1.54, 1.807) is 0 Å². The van der Waals surface area contributed by atoms with Gasteiger partial charge in [-0.3, -0.25) is 0 Å². The summed E-state index contributed by atoms with van der Waals surface area (Å²) in [6.45, 7) is 0. The molecule has 0 saturated heterocycles.